The molecule has 1 rings (SSSR count). The van der Waals surface area contributed by atoms with Crippen LogP contribution < -0.4 is 0 Å². The van der Waals surface area contributed by atoms with Crippen LogP contribution in [0.1, 0.15) is 19.4 Å². The van der Waals surface area contributed by atoms with E-state index in [-0.39, 0.29) is 11.9 Å². The van der Waals surface area contributed by atoms with Crippen molar-refractivity contribution in [1.29, 1.82) is 0 Å². The molecule has 0 heterocycles. The number of halogens is 1. The van der Waals surface area contributed by atoms with Crippen LogP contribution >= 0.6 is 15.9 Å². The molecule has 0 saturated heterocycles. The smallest absolute Gasteiger partial charge is 0.227 e. The molecule has 1 aromatic rings. The van der Waals surface area contributed by atoms with Gasteiger partial charge in [-0.05, 0) is 25.5 Å². The Morgan fingerprint density at radius 3 is 2.53 bits per heavy atom. The summed E-state index contributed by atoms with van der Waals surface area (Å²) >= 11 is 3.44. The van der Waals surface area contributed by atoms with E-state index >= 15 is 0 Å². The molecule has 2 nitrogen and oxygen atoms in total. The van der Waals surface area contributed by atoms with Gasteiger partial charge in [-0.2, -0.15) is 0 Å². The summed E-state index contributed by atoms with van der Waals surface area (Å²) in [5.41, 5.74) is 1.04. The van der Waals surface area contributed by atoms with Crippen LogP contribution in [-0.4, -0.2) is 23.9 Å². The van der Waals surface area contributed by atoms with Crippen LogP contribution in [0, 0.1) is 0 Å². The minimum atomic E-state index is 0.150. The van der Waals surface area contributed by atoms with Crippen LogP contribution in [0.3, 0.4) is 0 Å². The number of hydrogen-bond donors (Lipinski definition) is 0. The number of rotatable bonds is 3. The second-order valence-electron chi connectivity index (χ2n) is 3.87. The number of carbonyl (C=O) groups is 1. The fourth-order valence-corrected chi connectivity index (χ4v) is 1.64. The van der Waals surface area contributed by atoms with Gasteiger partial charge in [-0.3, -0.25) is 4.79 Å². The lowest BCUT2D eigenvalue weighted by Gasteiger charge is -2.21. The van der Waals surface area contributed by atoms with Crippen molar-refractivity contribution in [2.24, 2.45) is 0 Å². The lowest BCUT2D eigenvalue weighted by molar-refractivity contribution is -0.130. The van der Waals surface area contributed by atoms with E-state index in [4.69, 9.17) is 0 Å². The summed E-state index contributed by atoms with van der Waals surface area (Å²) in [6.45, 7) is 4.02. The summed E-state index contributed by atoms with van der Waals surface area (Å²) in [6.07, 6.45) is 0.454. The minimum absolute atomic E-state index is 0.150. The van der Waals surface area contributed by atoms with E-state index in [0.717, 1.165) is 10.0 Å². The van der Waals surface area contributed by atoms with E-state index in [9.17, 15) is 4.79 Å². The molecule has 1 aromatic carbocycles. The van der Waals surface area contributed by atoms with Crippen LogP contribution in [-0.2, 0) is 11.2 Å². The Hall–Kier alpha value is -0.830. The van der Waals surface area contributed by atoms with Crippen molar-refractivity contribution >= 4 is 21.8 Å². The van der Waals surface area contributed by atoms with Crippen molar-refractivity contribution in [3.05, 3.63) is 34.3 Å². The van der Waals surface area contributed by atoms with Gasteiger partial charge in [0.1, 0.15) is 0 Å². The quantitative estimate of drug-likeness (QED) is 0.827. The zero-order chi connectivity index (χ0) is 11.4. The predicted octanol–water partition coefficient (Wildman–Crippen LogP) is 2.86. The van der Waals surface area contributed by atoms with Gasteiger partial charge in [0.25, 0.3) is 0 Å². The van der Waals surface area contributed by atoms with Gasteiger partial charge in [0.2, 0.25) is 5.91 Å². The molecule has 0 saturated carbocycles. The molecule has 0 radical (unpaired) electrons. The number of benzene rings is 1. The molecule has 0 unspecified atom stereocenters. The third-order valence-corrected chi connectivity index (χ3v) is 3.24. The van der Waals surface area contributed by atoms with E-state index in [2.05, 4.69) is 15.9 Å². The molecule has 82 valence electrons. The molecule has 0 N–H and O–H groups in total. The Morgan fingerprint density at radius 2 is 2.00 bits per heavy atom. The summed E-state index contributed by atoms with van der Waals surface area (Å²) in [4.78, 5) is 13.6. The summed E-state index contributed by atoms with van der Waals surface area (Å²) in [6, 6.07) is 8.07. The first-order valence-electron chi connectivity index (χ1n) is 5.01. The number of nitrogens with zero attached hydrogens (tertiary/aromatic N) is 1. The predicted molar refractivity (Wildman–Crippen MR) is 65.8 cm³/mol. The Balaban J connectivity index is 2.71. The minimum Gasteiger partial charge on any atom is -0.343 e. The first kappa shape index (κ1) is 12.2. The van der Waals surface area contributed by atoms with Crippen molar-refractivity contribution in [2.75, 3.05) is 7.05 Å². The first-order valence-corrected chi connectivity index (χ1v) is 5.80. The number of carbonyl (C=O) groups excluding carboxylic acids is 1. The van der Waals surface area contributed by atoms with E-state index < -0.39 is 0 Å². The molecular formula is C12H16BrNO. The summed E-state index contributed by atoms with van der Waals surface area (Å²) < 4.78 is 0.996. The monoisotopic (exact) mass is 269 g/mol. The number of hydrogen-bond acceptors (Lipinski definition) is 1. The van der Waals surface area contributed by atoms with Crippen molar-refractivity contribution in [2.45, 2.75) is 26.3 Å². The van der Waals surface area contributed by atoms with Crippen LogP contribution in [0.2, 0.25) is 0 Å². The van der Waals surface area contributed by atoms with Gasteiger partial charge in [0.15, 0.2) is 0 Å². The molecule has 0 aliphatic heterocycles. The highest BCUT2D eigenvalue weighted by atomic mass is 79.9. The molecule has 3 heteroatoms. The zero-order valence-electron chi connectivity index (χ0n) is 9.33. The molecule has 0 aliphatic carbocycles. The highest BCUT2D eigenvalue weighted by Crippen LogP contribution is 2.17. The molecule has 0 atom stereocenters. The average molecular weight is 270 g/mol. The standard InChI is InChI=1S/C12H16BrNO/c1-9(2)14(3)12(15)8-10-6-4-5-7-11(10)13/h4-7,9H,8H2,1-3H3. The van der Waals surface area contributed by atoms with Crippen LogP contribution in [0.5, 0.6) is 0 Å². The number of likely N-dealkylation sites (N-methyl/N-ethyl adjacent to an activating group) is 1. The second-order valence-corrected chi connectivity index (χ2v) is 4.72. The van der Waals surface area contributed by atoms with Gasteiger partial charge in [-0.25, -0.2) is 0 Å². The molecular weight excluding hydrogens is 254 g/mol. The topological polar surface area (TPSA) is 20.3 Å². The lowest BCUT2D eigenvalue weighted by Crippen LogP contribution is -2.34. The third-order valence-electron chi connectivity index (χ3n) is 2.47. The van der Waals surface area contributed by atoms with E-state index in [1.165, 1.54) is 0 Å². The van der Waals surface area contributed by atoms with E-state index in [0.29, 0.717) is 6.42 Å². The fraction of sp³-hybridized carbons (Fsp3) is 0.417. The highest BCUT2D eigenvalue weighted by Gasteiger charge is 2.13. The maximum atomic E-state index is 11.8. The molecule has 15 heavy (non-hydrogen) atoms. The van der Waals surface area contributed by atoms with E-state index in [1.807, 2.05) is 45.2 Å². The van der Waals surface area contributed by atoms with Crippen LogP contribution in [0.15, 0.2) is 28.7 Å². The Labute approximate surface area is 99.4 Å². The highest BCUT2D eigenvalue weighted by molar-refractivity contribution is 9.10. The summed E-state index contributed by atoms with van der Waals surface area (Å²) in [7, 11) is 1.84. The fourth-order valence-electron chi connectivity index (χ4n) is 1.22. The SMILES string of the molecule is CC(C)N(C)C(=O)Cc1ccccc1Br. The number of amides is 1. The van der Waals surface area contributed by atoms with Gasteiger partial charge in [-0.1, -0.05) is 34.1 Å². The van der Waals surface area contributed by atoms with Gasteiger partial charge in [0.05, 0.1) is 6.42 Å². The molecule has 0 aromatic heterocycles. The second kappa shape index (κ2) is 5.31. The molecule has 0 aliphatic rings. The largest absolute Gasteiger partial charge is 0.343 e. The molecule has 0 spiro atoms. The summed E-state index contributed by atoms with van der Waals surface area (Å²) in [5.74, 6) is 0.150. The van der Waals surface area contributed by atoms with E-state index in [1.54, 1.807) is 4.90 Å². The van der Waals surface area contributed by atoms with Crippen molar-refractivity contribution in [1.82, 2.24) is 4.90 Å². The summed E-state index contributed by atoms with van der Waals surface area (Å²) in [5, 5.41) is 0. The lowest BCUT2D eigenvalue weighted by atomic mass is 10.1. The molecule has 0 fully saturated rings. The maximum absolute atomic E-state index is 11.8. The van der Waals surface area contributed by atoms with Crippen LogP contribution in [0.4, 0.5) is 0 Å². The van der Waals surface area contributed by atoms with Gasteiger partial charge in [0, 0.05) is 17.6 Å². The normalized spacial score (nSPS) is 10.5. The van der Waals surface area contributed by atoms with Gasteiger partial charge in [-0.15, -0.1) is 0 Å². The van der Waals surface area contributed by atoms with Gasteiger partial charge >= 0.3 is 0 Å². The zero-order valence-corrected chi connectivity index (χ0v) is 10.9. The van der Waals surface area contributed by atoms with Crippen LogP contribution in [0.25, 0.3) is 0 Å². The first-order chi connectivity index (χ1) is 7.02. The average Bonchev–Trinajstić information content (AvgIpc) is 2.20. The Bertz CT molecular complexity index is 349. The van der Waals surface area contributed by atoms with Gasteiger partial charge < -0.3 is 4.90 Å². The molecule has 1 amide bonds. The van der Waals surface area contributed by atoms with Crippen molar-refractivity contribution < 1.29 is 4.79 Å². The van der Waals surface area contributed by atoms with Crippen molar-refractivity contribution in [3.8, 4) is 0 Å². The Kier molecular flexibility index (Phi) is 4.33. The third kappa shape index (κ3) is 3.34. The Morgan fingerprint density at radius 1 is 1.40 bits per heavy atom. The van der Waals surface area contributed by atoms with Crippen molar-refractivity contribution in [3.63, 3.8) is 0 Å². The molecule has 0 bridgehead atoms. The maximum Gasteiger partial charge on any atom is 0.227 e.